The molecule has 0 fully saturated rings. The number of ether oxygens (including phenoxy) is 1. The van der Waals surface area contributed by atoms with Crippen molar-refractivity contribution in [2.45, 2.75) is 13.0 Å². The lowest BCUT2D eigenvalue weighted by Crippen LogP contribution is -2.08. The molecule has 5 heteroatoms. The van der Waals surface area contributed by atoms with Crippen molar-refractivity contribution in [3.05, 3.63) is 77.7 Å². The molecule has 0 aliphatic heterocycles. The van der Waals surface area contributed by atoms with Crippen LogP contribution in [-0.4, -0.2) is 11.1 Å². The fourth-order valence-electron chi connectivity index (χ4n) is 2.09. The van der Waals surface area contributed by atoms with Gasteiger partial charge in [0, 0.05) is 11.6 Å². The topological polar surface area (TPSA) is 52.3 Å². The van der Waals surface area contributed by atoms with Gasteiger partial charge in [0.1, 0.15) is 18.1 Å². The average Bonchev–Trinajstić information content (AvgIpc) is 3.05. The number of carbonyl (C=O) groups excluding carboxylic acids is 1. The maximum atomic E-state index is 12.8. The van der Waals surface area contributed by atoms with Crippen molar-refractivity contribution in [1.82, 2.24) is 5.16 Å². The normalized spacial score (nSPS) is 10.5. The molecular weight excluding hydrogens is 297 g/mol. The van der Waals surface area contributed by atoms with E-state index in [4.69, 9.17) is 9.26 Å². The first-order chi connectivity index (χ1) is 11.2. The third kappa shape index (κ3) is 4.03. The van der Waals surface area contributed by atoms with Crippen molar-refractivity contribution in [3.63, 3.8) is 0 Å². The summed E-state index contributed by atoms with van der Waals surface area (Å²) in [5.74, 6) is -0.116. The van der Waals surface area contributed by atoms with E-state index in [1.165, 1.54) is 12.1 Å². The van der Waals surface area contributed by atoms with Gasteiger partial charge in [0.15, 0.2) is 5.76 Å². The van der Waals surface area contributed by atoms with Gasteiger partial charge in [-0.1, -0.05) is 47.6 Å². The Morgan fingerprint density at radius 3 is 2.57 bits per heavy atom. The summed E-state index contributed by atoms with van der Waals surface area (Å²) in [4.78, 5) is 11.8. The van der Waals surface area contributed by atoms with Crippen LogP contribution in [0.4, 0.5) is 4.39 Å². The minimum atomic E-state index is -0.402. The number of hydrogen-bond donors (Lipinski definition) is 0. The average molecular weight is 311 g/mol. The molecule has 2 aromatic carbocycles. The van der Waals surface area contributed by atoms with Crippen LogP contribution in [0, 0.1) is 5.82 Å². The maximum Gasteiger partial charge on any atom is 0.310 e. The van der Waals surface area contributed by atoms with Crippen LogP contribution < -0.4 is 0 Å². The molecule has 0 spiro atoms. The van der Waals surface area contributed by atoms with E-state index in [-0.39, 0.29) is 18.8 Å². The van der Waals surface area contributed by atoms with Crippen LogP contribution in [0.15, 0.2) is 65.2 Å². The molecule has 0 radical (unpaired) electrons. The number of carbonyl (C=O) groups is 1. The van der Waals surface area contributed by atoms with Gasteiger partial charge < -0.3 is 9.26 Å². The molecule has 116 valence electrons. The van der Waals surface area contributed by atoms with Crippen molar-refractivity contribution in [1.29, 1.82) is 0 Å². The fraction of sp³-hybridized carbons (Fsp3) is 0.111. The van der Waals surface area contributed by atoms with Gasteiger partial charge in [0.2, 0.25) is 0 Å². The fourth-order valence-corrected chi connectivity index (χ4v) is 2.09. The van der Waals surface area contributed by atoms with E-state index < -0.39 is 5.97 Å². The number of halogens is 1. The summed E-state index contributed by atoms with van der Waals surface area (Å²) in [5.41, 5.74) is 2.14. The molecule has 0 aliphatic rings. The second-order valence-corrected chi connectivity index (χ2v) is 5.01. The maximum absolute atomic E-state index is 12.8. The quantitative estimate of drug-likeness (QED) is 0.673. The molecule has 3 rings (SSSR count). The molecular formula is C18H14FNO3. The molecule has 3 aromatic rings. The zero-order valence-electron chi connectivity index (χ0n) is 12.2. The van der Waals surface area contributed by atoms with Gasteiger partial charge in [0.05, 0.1) is 6.42 Å². The predicted molar refractivity (Wildman–Crippen MR) is 81.8 cm³/mol. The minimum Gasteiger partial charge on any atom is -0.459 e. The van der Waals surface area contributed by atoms with E-state index in [0.717, 1.165) is 5.56 Å². The number of rotatable bonds is 5. The number of benzene rings is 2. The SMILES string of the molecule is O=C(Cc1ccc(F)cc1)OCc1cc(-c2ccccc2)on1. The highest BCUT2D eigenvalue weighted by atomic mass is 19.1. The van der Waals surface area contributed by atoms with Crippen LogP contribution in [0.25, 0.3) is 11.3 Å². The van der Waals surface area contributed by atoms with Crippen molar-refractivity contribution in [3.8, 4) is 11.3 Å². The number of esters is 1. The Balaban J connectivity index is 1.55. The molecule has 1 aromatic heterocycles. The molecule has 1 heterocycles. The Kier molecular flexibility index (Phi) is 4.47. The van der Waals surface area contributed by atoms with Crippen LogP contribution in [0.2, 0.25) is 0 Å². The zero-order chi connectivity index (χ0) is 16.1. The van der Waals surface area contributed by atoms with E-state index in [2.05, 4.69) is 5.16 Å². The summed E-state index contributed by atoms with van der Waals surface area (Å²) in [5, 5.41) is 3.88. The second kappa shape index (κ2) is 6.87. The largest absolute Gasteiger partial charge is 0.459 e. The van der Waals surface area contributed by atoms with E-state index in [1.54, 1.807) is 18.2 Å². The van der Waals surface area contributed by atoms with Gasteiger partial charge >= 0.3 is 5.97 Å². The van der Waals surface area contributed by atoms with Crippen molar-refractivity contribution in [2.24, 2.45) is 0 Å². The number of hydrogen-bond acceptors (Lipinski definition) is 4. The van der Waals surface area contributed by atoms with Crippen LogP contribution >= 0.6 is 0 Å². The third-order valence-electron chi connectivity index (χ3n) is 3.26. The molecule has 0 amide bonds. The molecule has 4 nitrogen and oxygen atoms in total. The standard InChI is InChI=1S/C18H14FNO3/c19-15-8-6-13(7-9-15)10-18(21)22-12-16-11-17(23-20-16)14-4-2-1-3-5-14/h1-9,11H,10,12H2. The van der Waals surface area contributed by atoms with Crippen LogP contribution in [0.1, 0.15) is 11.3 Å². The summed E-state index contributed by atoms with van der Waals surface area (Å²) < 4.78 is 23.2. The first-order valence-corrected chi connectivity index (χ1v) is 7.12. The summed E-state index contributed by atoms with van der Waals surface area (Å²) in [6.45, 7) is 0.0381. The Hall–Kier alpha value is -2.95. The van der Waals surface area contributed by atoms with Crippen LogP contribution in [0.3, 0.4) is 0 Å². The summed E-state index contributed by atoms with van der Waals surface area (Å²) in [7, 11) is 0. The van der Waals surface area contributed by atoms with Crippen molar-refractivity contribution >= 4 is 5.97 Å². The molecule has 23 heavy (non-hydrogen) atoms. The lowest BCUT2D eigenvalue weighted by Gasteiger charge is -2.02. The minimum absolute atomic E-state index is 0.0381. The van der Waals surface area contributed by atoms with Gasteiger partial charge in [0.25, 0.3) is 0 Å². The van der Waals surface area contributed by atoms with Crippen LogP contribution in [0.5, 0.6) is 0 Å². The molecule has 0 unspecified atom stereocenters. The van der Waals surface area contributed by atoms with Crippen LogP contribution in [-0.2, 0) is 22.6 Å². The Morgan fingerprint density at radius 1 is 1.09 bits per heavy atom. The Morgan fingerprint density at radius 2 is 1.83 bits per heavy atom. The third-order valence-corrected chi connectivity index (χ3v) is 3.26. The molecule has 0 saturated heterocycles. The molecule has 0 bridgehead atoms. The highest BCUT2D eigenvalue weighted by Gasteiger charge is 2.10. The highest BCUT2D eigenvalue weighted by Crippen LogP contribution is 2.20. The Labute approximate surface area is 132 Å². The van der Waals surface area contributed by atoms with Gasteiger partial charge in [-0.3, -0.25) is 4.79 Å². The molecule has 0 atom stereocenters. The lowest BCUT2D eigenvalue weighted by atomic mass is 10.1. The summed E-state index contributed by atoms with van der Waals surface area (Å²) in [6, 6.07) is 17.0. The Bertz CT molecular complexity index is 782. The monoisotopic (exact) mass is 311 g/mol. The first-order valence-electron chi connectivity index (χ1n) is 7.12. The zero-order valence-corrected chi connectivity index (χ0v) is 12.2. The predicted octanol–water partition coefficient (Wildman–Crippen LogP) is 3.77. The van der Waals surface area contributed by atoms with Gasteiger partial charge in [-0.15, -0.1) is 0 Å². The second-order valence-electron chi connectivity index (χ2n) is 5.01. The molecule has 0 aliphatic carbocycles. The molecule has 0 N–H and O–H groups in total. The van der Waals surface area contributed by atoms with Crippen molar-refractivity contribution < 1.29 is 18.4 Å². The van der Waals surface area contributed by atoms with E-state index in [1.807, 2.05) is 30.3 Å². The van der Waals surface area contributed by atoms with Gasteiger partial charge in [-0.2, -0.15) is 0 Å². The van der Waals surface area contributed by atoms with E-state index in [9.17, 15) is 9.18 Å². The van der Waals surface area contributed by atoms with Gasteiger partial charge in [-0.05, 0) is 17.7 Å². The summed E-state index contributed by atoms with van der Waals surface area (Å²) >= 11 is 0. The smallest absolute Gasteiger partial charge is 0.310 e. The highest BCUT2D eigenvalue weighted by molar-refractivity contribution is 5.72. The number of nitrogens with zero attached hydrogens (tertiary/aromatic N) is 1. The summed E-state index contributed by atoms with van der Waals surface area (Å²) in [6.07, 6.45) is 0.0870. The van der Waals surface area contributed by atoms with Crippen molar-refractivity contribution in [2.75, 3.05) is 0 Å². The number of aromatic nitrogens is 1. The van der Waals surface area contributed by atoms with E-state index >= 15 is 0 Å². The first kappa shape index (κ1) is 15.0. The van der Waals surface area contributed by atoms with E-state index in [0.29, 0.717) is 17.0 Å². The van der Waals surface area contributed by atoms with Gasteiger partial charge in [-0.25, -0.2) is 4.39 Å². The molecule has 0 saturated carbocycles. The lowest BCUT2D eigenvalue weighted by molar-refractivity contribution is -0.144.